The molecule has 0 aromatic carbocycles. The molecule has 2 heterocycles. The Morgan fingerprint density at radius 3 is 3.07 bits per heavy atom. The van der Waals surface area contributed by atoms with E-state index in [0.717, 1.165) is 11.8 Å². The van der Waals surface area contributed by atoms with Crippen LogP contribution in [0, 0.1) is 17.1 Å². The molecule has 74 valence electrons. The van der Waals surface area contributed by atoms with Crippen molar-refractivity contribution in [2.24, 2.45) is 0 Å². The quantitative estimate of drug-likeness (QED) is 0.745. The van der Waals surface area contributed by atoms with Crippen LogP contribution in [0.5, 0.6) is 0 Å². The van der Waals surface area contributed by atoms with Gasteiger partial charge in [-0.3, -0.25) is 4.98 Å². The van der Waals surface area contributed by atoms with Crippen molar-refractivity contribution in [2.45, 2.75) is 6.54 Å². The zero-order valence-electron chi connectivity index (χ0n) is 7.89. The van der Waals surface area contributed by atoms with E-state index in [1.165, 1.54) is 6.07 Å². The number of hydrogen-bond acceptors (Lipinski definition) is 2. The maximum Gasteiger partial charge on any atom is 0.141 e. The Balaban J connectivity index is 2.26. The molecule has 0 unspecified atom stereocenters. The third-order valence-corrected chi connectivity index (χ3v) is 2.06. The van der Waals surface area contributed by atoms with Gasteiger partial charge in [0.2, 0.25) is 0 Å². The van der Waals surface area contributed by atoms with Crippen molar-refractivity contribution in [3.63, 3.8) is 0 Å². The SMILES string of the molecule is N#Cc1cccn1Cc1cncc(F)c1. The molecule has 0 saturated carbocycles. The van der Waals surface area contributed by atoms with Gasteiger partial charge in [-0.1, -0.05) is 0 Å². The molecule has 0 aliphatic heterocycles. The maximum absolute atomic E-state index is 12.8. The molecule has 2 rings (SSSR count). The van der Waals surface area contributed by atoms with E-state index in [0.29, 0.717) is 12.2 Å². The van der Waals surface area contributed by atoms with E-state index in [4.69, 9.17) is 5.26 Å². The van der Waals surface area contributed by atoms with Crippen LogP contribution in [-0.2, 0) is 6.54 Å². The highest BCUT2D eigenvalue weighted by Gasteiger charge is 2.01. The van der Waals surface area contributed by atoms with Crippen LogP contribution in [0.25, 0.3) is 0 Å². The molecule has 0 atom stereocenters. The Labute approximate surface area is 86.4 Å². The molecule has 0 aliphatic carbocycles. The summed E-state index contributed by atoms with van der Waals surface area (Å²) >= 11 is 0. The van der Waals surface area contributed by atoms with E-state index in [2.05, 4.69) is 11.1 Å². The molecular formula is C11H8FN3. The van der Waals surface area contributed by atoms with Crippen molar-refractivity contribution >= 4 is 0 Å². The highest BCUT2D eigenvalue weighted by molar-refractivity contribution is 5.24. The maximum atomic E-state index is 12.8. The van der Waals surface area contributed by atoms with Crippen LogP contribution in [0.15, 0.2) is 36.8 Å². The predicted molar refractivity (Wildman–Crippen MR) is 52.4 cm³/mol. The Bertz CT molecular complexity index is 511. The summed E-state index contributed by atoms with van der Waals surface area (Å²) in [5.41, 5.74) is 1.29. The molecule has 0 saturated heterocycles. The number of aromatic nitrogens is 2. The first-order valence-electron chi connectivity index (χ1n) is 4.44. The molecule has 0 N–H and O–H groups in total. The summed E-state index contributed by atoms with van der Waals surface area (Å²) in [5, 5.41) is 8.78. The molecule has 15 heavy (non-hydrogen) atoms. The van der Waals surface area contributed by atoms with Crippen LogP contribution < -0.4 is 0 Å². The summed E-state index contributed by atoms with van der Waals surface area (Å²) in [7, 11) is 0. The van der Waals surface area contributed by atoms with Gasteiger partial charge in [0, 0.05) is 18.9 Å². The van der Waals surface area contributed by atoms with E-state index >= 15 is 0 Å². The first-order valence-corrected chi connectivity index (χ1v) is 4.44. The van der Waals surface area contributed by atoms with Crippen molar-refractivity contribution in [2.75, 3.05) is 0 Å². The largest absolute Gasteiger partial charge is 0.335 e. The van der Waals surface area contributed by atoms with Gasteiger partial charge in [0.15, 0.2) is 0 Å². The summed E-state index contributed by atoms with van der Waals surface area (Å²) < 4.78 is 14.6. The van der Waals surface area contributed by atoms with Gasteiger partial charge in [0.25, 0.3) is 0 Å². The van der Waals surface area contributed by atoms with E-state index in [1.807, 2.05) is 0 Å². The van der Waals surface area contributed by atoms with Crippen LogP contribution in [0.2, 0.25) is 0 Å². The second-order valence-electron chi connectivity index (χ2n) is 3.14. The average molecular weight is 201 g/mol. The Kier molecular flexibility index (Phi) is 2.46. The van der Waals surface area contributed by atoms with Gasteiger partial charge < -0.3 is 4.57 Å². The summed E-state index contributed by atoms with van der Waals surface area (Å²) in [5.74, 6) is -0.363. The second kappa shape index (κ2) is 3.93. The fourth-order valence-electron chi connectivity index (χ4n) is 1.39. The smallest absolute Gasteiger partial charge is 0.141 e. The van der Waals surface area contributed by atoms with E-state index < -0.39 is 0 Å². The van der Waals surface area contributed by atoms with Crippen LogP contribution in [0.3, 0.4) is 0 Å². The van der Waals surface area contributed by atoms with Gasteiger partial charge in [-0.05, 0) is 23.8 Å². The molecule has 0 bridgehead atoms. The topological polar surface area (TPSA) is 41.6 Å². The molecule has 0 aliphatic rings. The van der Waals surface area contributed by atoms with Crippen molar-refractivity contribution in [3.8, 4) is 6.07 Å². The van der Waals surface area contributed by atoms with E-state index in [9.17, 15) is 4.39 Å². The molecule has 0 radical (unpaired) electrons. The number of nitrogens with zero attached hydrogens (tertiary/aromatic N) is 3. The fraction of sp³-hybridized carbons (Fsp3) is 0.0909. The number of rotatable bonds is 2. The lowest BCUT2D eigenvalue weighted by molar-refractivity contribution is 0.616. The normalized spacial score (nSPS) is 9.87. The monoisotopic (exact) mass is 201 g/mol. The molecule has 3 nitrogen and oxygen atoms in total. The molecular weight excluding hydrogens is 193 g/mol. The first kappa shape index (κ1) is 9.41. The highest BCUT2D eigenvalue weighted by Crippen LogP contribution is 2.07. The van der Waals surface area contributed by atoms with Crippen molar-refractivity contribution < 1.29 is 4.39 Å². The van der Waals surface area contributed by atoms with Crippen molar-refractivity contribution in [1.82, 2.24) is 9.55 Å². The Morgan fingerprint density at radius 2 is 2.33 bits per heavy atom. The molecule has 0 amide bonds. The summed E-state index contributed by atoms with van der Waals surface area (Å²) in [6.07, 6.45) is 4.53. The lowest BCUT2D eigenvalue weighted by Crippen LogP contribution is -2.01. The van der Waals surface area contributed by atoms with E-state index in [-0.39, 0.29) is 5.82 Å². The third kappa shape index (κ3) is 2.02. The summed E-state index contributed by atoms with van der Waals surface area (Å²) in [6.45, 7) is 0.459. The lowest BCUT2D eigenvalue weighted by atomic mass is 10.3. The van der Waals surface area contributed by atoms with Gasteiger partial charge in [0.1, 0.15) is 17.6 Å². The second-order valence-corrected chi connectivity index (χ2v) is 3.14. The number of hydrogen-bond donors (Lipinski definition) is 0. The van der Waals surface area contributed by atoms with Gasteiger partial charge in [-0.2, -0.15) is 5.26 Å². The third-order valence-electron chi connectivity index (χ3n) is 2.06. The van der Waals surface area contributed by atoms with Gasteiger partial charge in [0.05, 0.1) is 6.20 Å². The number of halogens is 1. The van der Waals surface area contributed by atoms with Crippen LogP contribution in [0.4, 0.5) is 4.39 Å². The summed E-state index contributed by atoms with van der Waals surface area (Å²) in [6, 6.07) is 6.97. The number of nitriles is 1. The van der Waals surface area contributed by atoms with E-state index in [1.54, 1.807) is 29.1 Å². The average Bonchev–Trinajstić information content (AvgIpc) is 2.65. The minimum Gasteiger partial charge on any atom is -0.335 e. The van der Waals surface area contributed by atoms with Crippen molar-refractivity contribution in [3.05, 3.63) is 53.9 Å². The Hall–Kier alpha value is -2.15. The lowest BCUT2D eigenvalue weighted by Gasteiger charge is -2.04. The molecule has 0 fully saturated rings. The van der Waals surface area contributed by atoms with Gasteiger partial charge in [-0.15, -0.1) is 0 Å². The van der Waals surface area contributed by atoms with Crippen molar-refractivity contribution in [1.29, 1.82) is 5.26 Å². The standard InChI is InChI=1S/C11H8FN3/c12-10-4-9(6-14-7-10)8-15-3-1-2-11(15)5-13/h1-4,6-7H,8H2. The fourth-order valence-corrected chi connectivity index (χ4v) is 1.39. The zero-order chi connectivity index (χ0) is 10.7. The minimum atomic E-state index is -0.363. The minimum absolute atomic E-state index is 0.363. The zero-order valence-corrected chi connectivity index (χ0v) is 7.89. The van der Waals surface area contributed by atoms with Gasteiger partial charge in [-0.25, -0.2) is 4.39 Å². The van der Waals surface area contributed by atoms with Crippen LogP contribution >= 0.6 is 0 Å². The molecule has 0 spiro atoms. The first-order chi connectivity index (χ1) is 7.29. The van der Waals surface area contributed by atoms with Crippen LogP contribution in [0.1, 0.15) is 11.3 Å². The van der Waals surface area contributed by atoms with Crippen LogP contribution in [-0.4, -0.2) is 9.55 Å². The highest BCUT2D eigenvalue weighted by atomic mass is 19.1. The number of pyridine rings is 1. The Morgan fingerprint density at radius 1 is 1.47 bits per heavy atom. The summed E-state index contributed by atoms with van der Waals surface area (Å²) in [4.78, 5) is 3.75. The molecule has 4 heteroatoms. The van der Waals surface area contributed by atoms with Gasteiger partial charge >= 0.3 is 0 Å². The molecule has 2 aromatic rings. The predicted octanol–water partition coefficient (Wildman–Crippen LogP) is 1.94. The molecule has 2 aromatic heterocycles.